The van der Waals surface area contributed by atoms with Gasteiger partial charge in [0.05, 0.1) is 11.6 Å². The number of fused-ring (bicyclic) bond motifs is 1. The maximum atomic E-state index is 9.63. The number of nitrogens with zero attached hydrogens (tertiary/aromatic N) is 4. The molecule has 280 valence electrons. The fourth-order valence-electron chi connectivity index (χ4n) is 7.91. The predicted octanol–water partition coefficient (Wildman–Crippen LogP) is 14.2. The molecule has 4 heteroatoms. The van der Waals surface area contributed by atoms with Crippen LogP contribution < -0.4 is 0 Å². The van der Waals surface area contributed by atoms with E-state index in [1.807, 2.05) is 48.5 Å². The van der Waals surface area contributed by atoms with Gasteiger partial charge in [-0.2, -0.15) is 5.26 Å². The van der Waals surface area contributed by atoms with Crippen molar-refractivity contribution in [3.05, 3.63) is 224 Å². The predicted molar refractivity (Wildman–Crippen MR) is 246 cm³/mol. The zero-order chi connectivity index (χ0) is 40.3. The zero-order valence-corrected chi connectivity index (χ0v) is 32.6. The van der Waals surface area contributed by atoms with Gasteiger partial charge in [0.25, 0.3) is 0 Å². The van der Waals surface area contributed by atoms with Crippen LogP contribution in [0.25, 0.3) is 101 Å². The Labute approximate surface area is 349 Å². The summed E-state index contributed by atoms with van der Waals surface area (Å²) in [5.41, 5.74) is 14.1. The van der Waals surface area contributed by atoms with Crippen molar-refractivity contribution in [1.82, 2.24) is 15.0 Å². The van der Waals surface area contributed by atoms with Crippen LogP contribution in [0.1, 0.15) is 5.56 Å². The van der Waals surface area contributed by atoms with E-state index >= 15 is 0 Å². The van der Waals surface area contributed by atoms with Crippen LogP contribution in [0.5, 0.6) is 0 Å². The molecule has 1 heterocycles. The van der Waals surface area contributed by atoms with Gasteiger partial charge in [0.2, 0.25) is 0 Å². The summed E-state index contributed by atoms with van der Waals surface area (Å²) in [6, 6.07) is 77.7. The highest BCUT2D eigenvalue weighted by molar-refractivity contribution is 5.97. The quantitative estimate of drug-likeness (QED) is 0.155. The maximum Gasteiger partial charge on any atom is 0.164 e. The molecule has 0 N–H and O–H groups in total. The maximum absolute atomic E-state index is 9.63. The summed E-state index contributed by atoms with van der Waals surface area (Å²) in [7, 11) is 0. The number of benzene rings is 9. The van der Waals surface area contributed by atoms with Crippen molar-refractivity contribution in [2.24, 2.45) is 0 Å². The van der Waals surface area contributed by atoms with Crippen LogP contribution in [0.15, 0.2) is 218 Å². The Morgan fingerprint density at radius 3 is 1.43 bits per heavy atom. The van der Waals surface area contributed by atoms with Gasteiger partial charge in [-0.1, -0.05) is 194 Å². The molecule has 0 bridgehead atoms. The fourth-order valence-corrected chi connectivity index (χ4v) is 7.91. The molecule has 0 aliphatic heterocycles. The van der Waals surface area contributed by atoms with E-state index in [9.17, 15) is 5.26 Å². The lowest BCUT2D eigenvalue weighted by molar-refractivity contribution is 1.07. The largest absolute Gasteiger partial charge is 0.208 e. The van der Waals surface area contributed by atoms with Crippen LogP contribution in [0.2, 0.25) is 0 Å². The molecule has 4 nitrogen and oxygen atoms in total. The van der Waals surface area contributed by atoms with E-state index in [4.69, 9.17) is 15.0 Å². The van der Waals surface area contributed by atoms with Crippen molar-refractivity contribution < 1.29 is 0 Å². The SMILES string of the molecule is N#Cc1cccc(-c2cccc(-c3nc(-c4ccc(-c5ccc(-c6ccccc6)cc5)cc4)nc(-c4cccc(-c5ccccc5)c4-c4ccc5ccccc5c4)n3)c2)c1. The summed E-state index contributed by atoms with van der Waals surface area (Å²) in [4.78, 5) is 15.7. The Balaban J connectivity index is 1.13. The number of hydrogen-bond donors (Lipinski definition) is 0. The summed E-state index contributed by atoms with van der Waals surface area (Å²) in [5.74, 6) is 1.71. The minimum atomic E-state index is 0.559. The standard InChI is InChI=1S/C56H36N4/c57-37-38-12-9-19-46(34-38)48-20-10-21-50(36-48)55-58-54(45-31-28-43(29-32-45)42-26-24-41(25-27-42)39-13-3-1-4-14-39)59-56(60-55)52-23-11-22-51(44-16-5-2-6-17-44)53(52)49-33-30-40-15-7-8-18-47(40)35-49/h1-36H. The number of nitriles is 1. The molecule has 0 fully saturated rings. The Bertz CT molecular complexity index is 3190. The summed E-state index contributed by atoms with van der Waals surface area (Å²) < 4.78 is 0. The van der Waals surface area contributed by atoms with Crippen molar-refractivity contribution >= 4 is 10.8 Å². The Morgan fingerprint density at radius 2 is 0.750 bits per heavy atom. The second kappa shape index (κ2) is 15.9. The normalized spacial score (nSPS) is 11.0. The van der Waals surface area contributed by atoms with E-state index in [1.165, 1.54) is 16.5 Å². The molecule has 10 aromatic rings. The van der Waals surface area contributed by atoms with Crippen LogP contribution >= 0.6 is 0 Å². The van der Waals surface area contributed by atoms with E-state index in [0.29, 0.717) is 23.0 Å². The van der Waals surface area contributed by atoms with Gasteiger partial charge in [-0.15, -0.1) is 0 Å². The molecule has 0 aliphatic carbocycles. The first-order valence-electron chi connectivity index (χ1n) is 20.0. The van der Waals surface area contributed by atoms with Crippen molar-refractivity contribution in [1.29, 1.82) is 5.26 Å². The molecular weight excluding hydrogens is 729 g/mol. The van der Waals surface area contributed by atoms with Crippen LogP contribution in [-0.4, -0.2) is 15.0 Å². The number of hydrogen-bond acceptors (Lipinski definition) is 4. The van der Waals surface area contributed by atoms with Crippen molar-refractivity contribution in [2.75, 3.05) is 0 Å². The monoisotopic (exact) mass is 764 g/mol. The summed E-state index contributed by atoms with van der Waals surface area (Å²) >= 11 is 0. The highest BCUT2D eigenvalue weighted by Gasteiger charge is 2.20. The minimum Gasteiger partial charge on any atom is -0.208 e. The van der Waals surface area contributed by atoms with Crippen LogP contribution in [0.4, 0.5) is 0 Å². The van der Waals surface area contributed by atoms with Crippen LogP contribution in [-0.2, 0) is 0 Å². The summed E-state index contributed by atoms with van der Waals surface area (Å²) in [5, 5.41) is 12.0. The van der Waals surface area contributed by atoms with Crippen molar-refractivity contribution in [3.8, 4) is 95.9 Å². The first-order chi connectivity index (χ1) is 29.7. The fraction of sp³-hybridized carbons (Fsp3) is 0. The average molecular weight is 765 g/mol. The average Bonchev–Trinajstić information content (AvgIpc) is 3.34. The van der Waals surface area contributed by atoms with Crippen LogP contribution in [0.3, 0.4) is 0 Å². The highest BCUT2D eigenvalue weighted by atomic mass is 15.0. The van der Waals surface area contributed by atoms with E-state index in [-0.39, 0.29) is 0 Å². The Morgan fingerprint density at radius 1 is 0.283 bits per heavy atom. The lowest BCUT2D eigenvalue weighted by atomic mass is 9.89. The minimum absolute atomic E-state index is 0.559. The molecule has 0 saturated heterocycles. The first kappa shape index (κ1) is 36.1. The molecule has 9 aromatic carbocycles. The highest BCUT2D eigenvalue weighted by Crippen LogP contribution is 2.41. The van der Waals surface area contributed by atoms with E-state index in [1.54, 1.807) is 0 Å². The molecule has 0 spiro atoms. The molecule has 0 amide bonds. The molecular formula is C56H36N4. The molecule has 0 unspecified atom stereocenters. The van der Waals surface area contributed by atoms with E-state index in [2.05, 4.69) is 176 Å². The second-order valence-corrected chi connectivity index (χ2v) is 14.8. The van der Waals surface area contributed by atoms with E-state index < -0.39 is 0 Å². The Kier molecular flexibility index (Phi) is 9.59. The van der Waals surface area contributed by atoms with E-state index in [0.717, 1.165) is 66.6 Å². The Hall–Kier alpha value is -8.26. The third-order valence-electron chi connectivity index (χ3n) is 11.0. The van der Waals surface area contributed by atoms with Gasteiger partial charge in [-0.25, -0.2) is 15.0 Å². The summed E-state index contributed by atoms with van der Waals surface area (Å²) in [6.07, 6.45) is 0. The van der Waals surface area contributed by atoms with Gasteiger partial charge in [-0.3, -0.25) is 0 Å². The smallest absolute Gasteiger partial charge is 0.164 e. The number of aromatic nitrogens is 3. The van der Waals surface area contributed by atoms with Crippen molar-refractivity contribution in [2.45, 2.75) is 0 Å². The molecule has 60 heavy (non-hydrogen) atoms. The van der Waals surface area contributed by atoms with Gasteiger partial charge in [0.1, 0.15) is 0 Å². The lowest BCUT2D eigenvalue weighted by Gasteiger charge is -2.17. The number of rotatable bonds is 8. The van der Waals surface area contributed by atoms with Crippen molar-refractivity contribution in [3.63, 3.8) is 0 Å². The summed E-state index contributed by atoms with van der Waals surface area (Å²) in [6.45, 7) is 0. The van der Waals surface area contributed by atoms with Gasteiger partial charge in [-0.05, 0) is 85.1 Å². The lowest BCUT2D eigenvalue weighted by Crippen LogP contribution is -2.02. The second-order valence-electron chi connectivity index (χ2n) is 14.8. The van der Waals surface area contributed by atoms with Gasteiger partial charge >= 0.3 is 0 Å². The molecule has 0 saturated carbocycles. The van der Waals surface area contributed by atoms with Crippen LogP contribution in [0, 0.1) is 11.3 Å². The molecule has 10 rings (SSSR count). The molecule has 1 aromatic heterocycles. The zero-order valence-electron chi connectivity index (χ0n) is 32.6. The first-order valence-corrected chi connectivity index (χ1v) is 20.0. The van der Waals surface area contributed by atoms with Gasteiger partial charge in [0.15, 0.2) is 17.5 Å². The third-order valence-corrected chi connectivity index (χ3v) is 11.0. The van der Waals surface area contributed by atoms with Gasteiger partial charge < -0.3 is 0 Å². The molecule has 0 radical (unpaired) electrons. The third kappa shape index (κ3) is 7.24. The molecule has 0 aliphatic rings. The molecule has 0 atom stereocenters. The topological polar surface area (TPSA) is 62.5 Å². The van der Waals surface area contributed by atoms with Gasteiger partial charge in [0, 0.05) is 22.3 Å².